The van der Waals surface area contributed by atoms with Crippen LogP contribution in [0.1, 0.15) is 37.8 Å². The molecule has 0 saturated heterocycles. The van der Waals surface area contributed by atoms with E-state index in [-0.39, 0.29) is 30.0 Å². The zero-order chi connectivity index (χ0) is 24.1. The number of nitrogens with zero attached hydrogens (tertiary/aromatic N) is 1. The molecular formula is C24H23ClN2O6. The number of hydrogen-bond donors (Lipinski definition) is 1. The van der Waals surface area contributed by atoms with Crippen LogP contribution in [0.3, 0.4) is 0 Å². The molecule has 0 bridgehead atoms. The normalized spacial score (nSPS) is 15.7. The molecule has 1 heterocycles. The van der Waals surface area contributed by atoms with Crippen molar-refractivity contribution in [2.75, 3.05) is 13.2 Å². The van der Waals surface area contributed by atoms with Gasteiger partial charge in [-0.15, -0.1) is 0 Å². The second kappa shape index (κ2) is 10.3. The van der Waals surface area contributed by atoms with E-state index in [1.165, 1.54) is 18.2 Å². The number of nitro benzene ring substituents is 1. The van der Waals surface area contributed by atoms with Gasteiger partial charge in [0, 0.05) is 22.9 Å². The molecule has 1 N–H and O–H groups in total. The molecule has 1 unspecified atom stereocenters. The minimum atomic E-state index is -0.960. The van der Waals surface area contributed by atoms with Crippen molar-refractivity contribution in [2.24, 2.45) is 0 Å². The van der Waals surface area contributed by atoms with Crippen LogP contribution in [-0.4, -0.2) is 30.1 Å². The predicted molar refractivity (Wildman–Crippen MR) is 123 cm³/mol. The minimum absolute atomic E-state index is 0.101. The summed E-state index contributed by atoms with van der Waals surface area (Å²) in [6, 6.07) is 12.7. The van der Waals surface area contributed by atoms with Crippen LogP contribution < -0.4 is 5.32 Å². The highest BCUT2D eigenvalue weighted by molar-refractivity contribution is 6.30. The smallest absolute Gasteiger partial charge is 0.337 e. The predicted octanol–water partition coefficient (Wildman–Crippen LogP) is 4.75. The van der Waals surface area contributed by atoms with Crippen LogP contribution >= 0.6 is 11.6 Å². The average molecular weight is 471 g/mol. The van der Waals surface area contributed by atoms with Gasteiger partial charge >= 0.3 is 11.9 Å². The van der Waals surface area contributed by atoms with E-state index in [1.807, 2.05) is 0 Å². The third-order valence-corrected chi connectivity index (χ3v) is 5.32. The van der Waals surface area contributed by atoms with Crippen molar-refractivity contribution in [2.45, 2.75) is 26.7 Å². The summed E-state index contributed by atoms with van der Waals surface area (Å²) >= 11 is 6.19. The van der Waals surface area contributed by atoms with E-state index in [2.05, 4.69) is 5.32 Å². The first-order valence-electron chi connectivity index (χ1n) is 10.3. The van der Waals surface area contributed by atoms with E-state index in [1.54, 1.807) is 51.1 Å². The van der Waals surface area contributed by atoms with Crippen LogP contribution in [0.2, 0.25) is 5.02 Å². The van der Waals surface area contributed by atoms with Gasteiger partial charge < -0.3 is 14.8 Å². The molecule has 0 amide bonds. The van der Waals surface area contributed by atoms with Crippen molar-refractivity contribution in [1.82, 2.24) is 5.32 Å². The Morgan fingerprint density at radius 1 is 1.03 bits per heavy atom. The van der Waals surface area contributed by atoms with Crippen molar-refractivity contribution < 1.29 is 24.0 Å². The van der Waals surface area contributed by atoms with Crippen molar-refractivity contribution >= 4 is 34.9 Å². The number of ether oxygens (including phenoxy) is 2. The summed E-state index contributed by atoms with van der Waals surface area (Å²) in [7, 11) is 0. The number of benzene rings is 2. The molecule has 3 rings (SSSR count). The highest BCUT2D eigenvalue weighted by Crippen LogP contribution is 2.42. The monoisotopic (exact) mass is 470 g/mol. The number of allylic oxidation sites excluding steroid dienone is 1. The second-order valence-corrected chi connectivity index (χ2v) is 7.63. The van der Waals surface area contributed by atoms with Gasteiger partial charge in [-0.2, -0.15) is 0 Å². The first-order valence-corrected chi connectivity index (χ1v) is 10.7. The maximum atomic E-state index is 13.2. The van der Waals surface area contributed by atoms with Gasteiger partial charge in [0.2, 0.25) is 0 Å². The molecule has 1 atom stereocenters. The van der Waals surface area contributed by atoms with Crippen LogP contribution in [-0.2, 0) is 19.1 Å². The maximum Gasteiger partial charge on any atom is 0.337 e. The van der Waals surface area contributed by atoms with Crippen LogP contribution in [0.5, 0.6) is 0 Å². The van der Waals surface area contributed by atoms with Gasteiger partial charge in [0.25, 0.3) is 5.69 Å². The molecule has 0 radical (unpaired) electrons. The number of esters is 2. The highest BCUT2D eigenvalue weighted by Gasteiger charge is 2.39. The molecule has 1 aliphatic rings. The van der Waals surface area contributed by atoms with E-state index in [4.69, 9.17) is 21.1 Å². The van der Waals surface area contributed by atoms with Crippen molar-refractivity contribution in [3.8, 4) is 0 Å². The number of dihydropyridines is 1. The molecule has 0 spiro atoms. The third kappa shape index (κ3) is 5.06. The Hall–Kier alpha value is -3.65. The summed E-state index contributed by atoms with van der Waals surface area (Å²) in [4.78, 5) is 37.1. The molecule has 2 aromatic rings. The average Bonchev–Trinajstić information content (AvgIpc) is 2.78. The SMILES string of the molecule is CCOC(=O)C1=C(C)NC(c2cccc(Cl)c2)=C(C(=O)OCC)C1c1cccc([N+](=O)[O-])c1. The summed E-state index contributed by atoms with van der Waals surface area (Å²) in [5, 5.41) is 15.0. The second-order valence-electron chi connectivity index (χ2n) is 7.19. The number of halogens is 1. The summed E-state index contributed by atoms with van der Waals surface area (Å²) in [5.74, 6) is -2.25. The Kier molecular flexibility index (Phi) is 7.50. The first kappa shape index (κ1) is 24.0. The van der Waals surface area contributed by atoms with Gasteiger partial charge in [-0.05, 0) is 44.0 Å². The van der Waals surface area contributed by atoms with E-state index in [9.17, 15) is 19.7 Å². The zero-order valence-corrected chi connectivity index (χ0v) is 19.1. The van der Waals surface area contributed by atoms with E-state index >= 15 is 0 Å². The van der Waals surface area contributed by atoms with E-state index in [0.29, 0.717) is 27.5 Å². The number of rotatable bonds is 7. The molecule has 1 aliphatic heterocycles. The lowest BCUT2D eigenvalue weighted by molar-refractivity contribution is -0.384. The fourth-order valence-corrected chi connectivity index (χ4v) is 3.95. The summed E-state index contributed by atoms with van der Waals surface area (Å²) in [6.07, 6.45) is 0. The fourth-order valence-electron chi connectivity index (χ4n) is 3.76. The summed E-state index contributed by atoms with van der Waals surface area (Å²) < 4.78 is 10.6. The van der Waals surface area contributed by atoms with Crippen LogP contribution in [0, 0.1) is 10.1 Å². The van der Waals surface area contributed by atoms with Gasteiger partial charge in [0.15, 0.2) is 0 Å². The van der Waals surface area contributed by atoms with E-state index < -0.39 is 22.8 Å². The lowest BCUT2D eigenvalue weighted by atomic mass is 9.79. The minimum Gasteiger partial charge on any atom is -0.463 e. The molecule has 33 heavy (non-hydrogen) atoms. The molecule has 9 heteroatoms. The Balaban J connectivity index is 2.34. The molecule has 8 nitrogen and oxygen atoms in total. The lowest BCUT2D eigenvalue weighted by Gasteiger charge is -2.31. The fraction of sp³-hybridized carbons (Fsp3) is 0.250. The Labute approximate surface area is 196 Å². The molecule has 0 fully saturated rings. The molecule has 172 valence electrons. The van der Waals surface area contributed by atoms with Crippen molar-refractivity contribution in [1.29, 1.82) is 0 Å². The van der Waals surface area contributed by atoms with Crippen LogP contribution in [0.15, 0.2) is 65.4 Å². The van der Waals surface area contributed by atoms with Gasteiger partial charge in [-0.25, -0.2) is 9.59 Å². The molecule has 0 saturated carbocycles. The quantitative estimate of drug-likeness (QED) is 0.353. The third-order valence-electron chi connectivity index (χ3n) is 5.08. The maximum absolute atomic E-state index is 13.2. The molecular weight excluding hydrogens is 448 g/mol. The Bertz CT molecular complexity index is 1170. The number of hydrogen-bond acceptors (Lipinski definition) is 7. The number of nitro groups is 1. The summed E-state index contributed by atoms with van der Waals surface area (Å²) in [6.45, 7) is 5.25. The number of carbonyl (C=O) groups is 2. The molecule has 0 aliphatic carbocycles. The highest BCUT2D eigenvalue weighted by atomic mass is 35.5. The molecule has 2 aromatic carbocycles. The summed E-state index contributed by atoms with van der Waals surface area (Å²) in [5.41, 5.74) is 1.98. The number of non-ortho nitro benzene ring substituents is 1. The van der Waals surface area contributed by atoms with Crippen molar-refractivity contribution in [3.63, 3.8) is 0 Å². The largest absolute Gasteiger partial charge is 0.463 e. The van der Waals surface area contributed by atoms with E-state index in [0.717, 1.165) is 0 Å². The Morgan fingerprint density at radius 3 is 2.27 bits per heavy atom. The van der Waals surface area contributed by atoms with Gasteiger partial charge in [-0.3, -0.25) is 10.1 Å². The van der Waals surface area contributed by atoms with Gasteiger partial charge in [0.1, 0.15) is 0 Å². The standard InChI is InChI=1S/C24H23ClN2O6/c1-4-32-23(28)19-14(3)26-22(16-9-6-10-17(25)12-16)21(24(29)33-5-2)20(19)15-8-7-11-18(13-15)27(30)31/h6-13,20,26H,4-5H2,1-3H3. The lowest BCUT2D eigenvalue weighted by Crippen LogP contribution is -2.32. The number of carbonyl (C=O) groups excluding carboxylic acids is 2. The van der Waals surface area contributed by atoms with Crippen molar-refractivity contribution in [3.05, 3.63) is 91.6 Å². The van der Waals surface area contributed by atoms with Crippen LogP contribution in [0.25, 0.3) is 5.70 Å². The first-order chi connectivity index (χ1) is 15.8. The topological polar surface area (TPSA) is 108 Å². The van der Waals surface area contributed by atoms with Gasteiger partial charge in [-0.1, -0.05) is 35.9 Å². The Morgan fingerprint density at radius 2 is 1.67 bits per heavy atom. The molecule has 0 aromatic heterocycles. The number of nitrogens with one attached hydrogen (secondary N) is 1. The van der Waals surface area contributed by atoms with Gasteiger partial charge in [0.05, 0.1) is 40.9 Å². The van der Waals surface area contributed by atoms with Crippen LogP contribution in [0.4, 0.5) is 5.69 Å². The zero-order valence-electron chi connectivity index (χ0n) is 18.4.